The van der Waals surface area contributed by atoms with Crippen LogP contribution >= 0.6 is 0 Å². The van der Waals surface area contributed by atoms with Crippen LogP contribution in [0, 0.1) is 5.92 Å². The number of carboxylic acid groups (broad SMARTS) is 1. The van der Waals surface area contributed by atoms with Crippen LogP contribution in [0.3, 0.4) is 0 Å². The maximum Gasteiger partial charge on any atom is 0.341 e. The zero-order chi connectivity index (χ0) is 22.3. The van der Waals surface area contributed by atoms with Gasteiger partial charge in [-0.3, -0.25) is 4.79 Å². The molecule has 0 spiro atoms. The second-order valence-corrected chi connectivity index (χ2v) is 8.28. The highest BCUT2D eigenvalue weighted by molar-refractivity contribution is 5.98. The lowest BCUT2D eigenvalue weighted by Gasteiger charge is -2.36. The van der Waals surface area contributed by atoms with Crippen LogP contribution in [-0.2, 0) is 15.9 Å². The van der Waals surface area contributed by atoms with Crippen molar-refractivity contribution in [2.75, 3.05) is 38.3 Å². The highest BCUT2D eigenvalue weighted by atomic mass is 16.5. The van der Waals surface area contributed by atoms with E-state index in [1.54, 1.807) is 6.07 Å². The van der Waals surface area contributed by atoms with Crippen LogP contribution in [0.4, 0.5) is 5.69 Å². The lowest BCUT2D eigenvalue weighted by Crippen LogP contribution is -2.37. The topological polar surface area (TPSA) is 98.1 Å². The normalized spacial score (nSPS) is 17.8. The number of pyridine rings is 1. The summed E-state index contributed by atoms with van der Waals surface area (Å²) in [6.07, 6.45) is 2.10. The average molecular weight is 426 g/mol. The number of hydrogen-bond donors (Lipinski definition) is 1. The Hall–Kier alpha value is -3.13. The summed E-state index contributed by atoms with van der Waals surface area (Å²) >= 11 is 0. The lowest BCUT2D eigenvalue weighted by atomic mass is 9.85. The van der Waals surface area contributed by atoms with E-state index < -0.39 is 17.4 Å². The molecule has 3 heterocycles. The number of nitrogens with zero attached hydrogens (tertiary/aromatic N) is 2. The van der Waals surface area contributed by atoms with Crippen molar-refractivity contribution in [3.8, 4) is 11.3 Å². The fraction of sp³-hybridized carbons (Fsp3) is 0.435. The van der Waals surface area contributed by atoms with Gasteiger partial charge in [-0.05, 0) is 30.0 Å². The van der Waals surface area contributed by atoms with Gasteiger partial charge >= 0.3 is 11.9 Å². The molecule has 164 valence electrons. The number of morpholine rings is 1. The molecule has 1 saturated heterocycles. The van der Waals surface area contributed by atoms with Gasteiger partial charge in [-0.15, -0.1) is 0 Å². The molecule has 31 heavy (non-hydrogen) atoms. The van der Waals surface area contributed by atoms with Gasteiger partial charge in [0.25, 0.3) is 0 Å². The first kappa shape index (κ1) is 21.1. The number of carbonyl (C=O) groups excluding carboxylic acids is 1. The smallest absolute Gasteiger partial charge is 0.341 e. The number of anilines is 1. The maximum absolute atomic E-state index is 12.6. The number of carbonyl (C=O) groups is 2. The Morgan fingerprint density at radius 1 is 1.16 bits per heavy atom. The molecule has 0 radical (unpaired) electrons. The number of rotatable bonds is 4. The summed E-state index contributed by atoms with van der Waals surface area (Å²) in [5, 5.41) is 9.43. The number of carboxylic acids is 1. The fourth-order valence-electron chi connectivity index (χ4n) is 4.46. The molecule has 1 aromatic carbocycles. The quantitative estimate of drug-likeness (QED) is 0.751. The molecule has 2 aliphatic rings. The molecule has 2 aliphatic heterocycles. The van der Waals surface area contributed by atoms with Crippen LogP contribution in [0.15, 0.2) is 29.2 Å². The number of hydrogen-bond acceptors (Lipinski definition) is 6. The summed E-state index contributed by atoms with van der Waals surface area (Å²) in [4.78, 5) is 38.8. The molecule has 1 atom stereocenters. The molecule has 1 N–H and O–H groups in total. The van der Waals surface area contributed by atoms with Gasteiger partial charge < -0.3 is 24.0 Å². The Bertz CT molecular complexity index is 1100. The summed E-state index contributed by atoms with van der Waals surface area (Å²) in [5.74, 6) is -1.49. The predicted molar refractivity (Wildman–Crippen MR) is 115 cm³/mol. The van der Waals surface area contributed by atoms with Crippen molar-refractivity contribution in [3.05, 3.63) is 51.3 Å². The van der Waals surface area contributed by atoms with Gasteiger partial charge in [-0.1, -0.05) is 13.8 Å². The molecule has 2 aromatic rings. The largest absolute Gasteiger partial charge is 0.477 e. The molecule has 0 saturated carbocycles. The van der Waals surface area contributed by atoms with Crippen molar-refractivity contribution < 1.29 is 24.2 Å². The molecule has 4 rings (SSSR count). The van der Waals surface area contributed by atoms with Crippen LogP contribution in [0.5, 0.6) is 0 Å². The fourth-order valence-corrected chi connectivity index (χ4v) is 4.46. The van der Waals surface area contributed by atoms with Crippen molar-refractivity contribution >= 4 is 17.6 Å². The summed E-state index contributed by atoms with van der Waals surface area (Å²) in [6, 6.07) is 5.14. The number of benzene rings is 1. The van der Waals surface area contributed by atoms with Crippen LogP contribution in [0.25, 0.3) is 11.3 Å². The monoisotopic (exact) mass is 426 g/mol. The van der Waals surface area contributed by atoms with Crippen molar-refractivity contribution in [3.63, 3.8) is 0 Å². The van der Waals surface area contributed by atoms with Gasteiger partial charge in [0, 0.05) is 37.0 Å². The Morgan fingerprint density at radius 3 is 2.48 bits per heavy atom. The van der Waals surface area contributed by atoms with Crippen molar-refractivity contribution in [1.82, 2.24) is 4.57 Å². The van der Waals surface area contributed by atoms with E-state index in [0.717, 1.165) is 16.8 Å². The average Bonchev–Trinajstić information content (AvgIpc) is 2.77. The third-order valence-corrected chi connectivity index (χ3v) is 6.12. The molecule has 0 aliphatic carbocycles. The van der Waals surface area contributed by atoms with Gasteiger partial charge in [-0.2, -0.15) is 0 Å². The van der Waals surface area contributed by atoms with E-state index in [-0.39, 0.29) is 17.5 Å². The molecule has 1 aromatic heterocycles. The second-order valence-electron chi connectivity index (χ2n) is 8.28. The molecule has 0 bridgehead atoms. The highest BCUT2D eigenvalue weighted by Crippen LogP contribution is 2.40. The van der Waals surface area contributed by atoms with E-state index in [9.17, 15) is 19.5 Å². The van der Waals surface area contributed by atoms with E-state index in [0.29, 0.717) is 44.0 Å². The number of esters is 1. The molecule has 1 unspecified atom stereocenters. The minimum absolute atomic E-state index is 0.0114. The van der Waals surface area contributed by atoms with Gasteiger partial charge in [0.1, 0.15) is 5.56 Å². The SMILES string of the molecule is COC(=O)c1cc2c(cc1N1CCOCC1)CC(C(C)C)n1cc(C(=O)O)c(=O)cc1-2. The molecular formula is C23H26N2O6. The summed E-state index contributed by atoms with van der Waals surface area (Å²) in [5.41, 5.74) is 2.82. The summed E-state index contributed by atoms with van der Waals surface area (Å²) in [7, 11) is 1.34. The summed E-state index contributed by atoms with van der Waals surface area (Å²) < 4.78 is 12.4. The van der Waals surface area contributed by atoms with Crippen LogP contribution < -0.4 is 10.3 Å². The van der Waals surface area contributed by atoms with E-state index >= 15 is 0 Å². The maximum atomic E-state index is 12.6. The minimum Gasteiger partial charge on any atom is -0.477 e. The zero-order valence-corrected chi connectivity index (χ0v) is 17.9. The second kappa shape index (κ2) is 8.19. The Morgan fingerprint density at radius 2 is 1.87 bits per heavy atom. The zero-order valence-electron chi connectivity index (χ0n) is 17.9. The predicted octanol–water partition coefficient (Wildman–Crippen LogP) is 2.59. The standard InChI is InChI=1S/C23H26N2O6/c1-13(2)18-8-14-9-19(24-4-6-31-7-5-24)16(23(29)30-3)10-15(14)20-11-21(26)17(22(27)28)12-25(18)20/h9-13,18H,4-8H2,1-3H3,(H,27,28). The number of aromatic carboxylic acids is 1. The first-order valence-electron chi connectivity index (χ1n) is 10.4. The molecular weight excluding hydrogens is 400 g/mol. The lowest BCUT2D eigenvalue weighted by molar-refractivity contribution is 0.0599. The van der Waals surface area contributed by atoms with Gasteiger partial charge in [-0.25, -0.2) is 9.59 Å². The van der Waals surface area contributed by atoms with Crippen molar-refractivity contribution in [2.45, 2.75) is 26.3 Å². The molecule has 8 nitrogen and oxygen atoms in total. The highest BCUT2D eigenvalue weighted by Gasteiger charge is 2.31. The van der Waals surface area contributed by atoms with Crippen LogP contribution in [-0.4, -0.2) is 55.0 Å². The Labute approximate surface area is 180 Å². The van der Waals surface area contributed by atoms with E-state index in [4.69, 9.17) is 9.47 Å². The Balaban J connectivity index is 1.95. The van der Waals surface area contributed by atoms with Crippen molar-refractivity contribution in [2.24, 2.45) is 5.92 Å². The van der Waals surface area contributed by atoms with Gasteiger partial charge in [0.2, 0.25) is 0 Å². The van der Waals surface area contributed by atoms with Crippen molar-refractivity contribution in [1.29, 1.82) is 0 Å². The van der Waals surface area contributed by atoms with Gasteiger partial charge in [0.05, 0.1) is 37.3 Å². The third-order valence-electron chi connectivity index (χ3n) is 6.12. The van der Waals surface area contributed by atoms with Gasteiger partial charge in [0.15, 0.2) is 5.43 Å². The molecule has 8 heteroatoms. The van der Waals surface area contributed by atoms with Crippen LogP contribution in [0.2, 0.25) is 0 Å². The molecule has 0 amide bonds. The Kier molecular flexibility index (Phi) is 5.58. The van der Waals surface area contributed by atoms with E-state index in [2.05, 4.69) is 18.7 Å². The van der Waals surface area contributed by atoms with E-state index in [1.165, 1.54) is 19.4 Å². The number of methoxy groups -OCH3 is 1. The minimum atomic E-state index is -1.24. The van der Waals surface area contributed by atoms with Crippen LogP contribution in [0.1, 0.15) is 46.2 Å². The first-order chi connectivity index (χ1) is 14.8. The number of fused-ring (bicyclic) bond motifs is 3. The van der Waals surface area contributed by atoms with E-state index in [1.807, 2.05) is 10.6 Å². The molecule has 1 fully saturated rings. The third kappa shape index (κ3) is 3.72. The first-order valence-corrected chi connectivity index (χ1v) is 10.4. The summed E-state index contributed by atoms with van der Waals surface area (Å²) in [6.45, 7) is 6.67. The number of aromatic nitrogens is 1. The number of ether oxygens (including phenoxy) is 2.